The SMILES string of the molecule is COc1ccc(C2CN(Cc3nc4c(F)cccc4[nH]3)CCN2C)cc1OC. The zero-order valence-corrected chi connectivity index (χ0v) is 16.4. The number of benzene rings is 2. The van der Waals surface area contributed by atoms with Crippen LogP contribution in [-0.4, -0.2) is 60.7 Å². The van der Waals surface area contributed by atoms with Crippen LogP contribution in [-0.2, 0) is 6.54 Å². The number of halogens is 1. The van der Waals surface area contributed by atoms with Gasteiger partial charge in [-0.3, -0.25) is 9.80 Å². The molecule has 28 heavy (non-hydrogen) atoms. The van der Waals surface area contributed by atoms with Gasteiger partial charge in [0.05, 0.1) is 26.3 Å². The summed E-state index contributed by atoms with van der Waals surface area (Å²) in [6, 6.07) is 11.3. The van der Waals surface area contributed by atoms with E-state index in [-0.39, 0.29) is 11.9 Å². The number of likely N-dealkylation sites (N-methyl/N-ethyl adjacent to an activating group) is 1. The van der Waals surface area contributed by atoms with Gasteiger partial charge in [0.2, 0.25) is 0 Å². The van der Waals surface area contributed by atoms with E-state index in [0.29, 0.717) is 12.1 Å². The van der Waals surface area contributed by atoms with Gasteiger partial charge >= 0.3 is 0 Å². The van der Waals surface area contributed by atoms with Gasteiger partial charge in [0.1, 0.15) is 11.3 Å². The highest BCUT2D eigenvalue weighted by Crippen LogP contribution is 2.33. The molecule has 0 radical (unpaired) electrons. The Kier molecular flexibility index (Phi) is 5.19. The summed E-state index contributed by atoms with van der Waals surface area (Å²) in [6.45, 7) is 3.38. The molecule has 1 fully saturated rings. The van der Waals surface area contributed by atoms with Gasteiger partial charge in [-0.15, -0.1) is 0 Å². The Labute approximate surface area is 163 Å². The average Bonchev–Trinajstić information content (AvgIpc) is 3.13. The summed E-state index contributed by atoms with van der Waals surface area (Å²) in [7, 11) is 5.43. The third-order valence-electron chi connectivity index (χ3n) is 5.41. The van der Waals surface area contributed by atoms with E-state index in [1.54, 1.807) is 20.3 Å². The zero-order chi connectivity index (χ0) is 19.7. The highest BCUT2D eigenvalue weighted by Gasteiger charge is 2.27. The van der Waals surface area contributed by atoms with Crippen LogP contribution in [0.25, 0.3) is 11.0 Å². The number of ether oxygens (including phenoxy) is 2. The summed E-state index contributed by atoms with van der Waals surface area (Å²) < 4.78 is 24.7. The monoisotopic (exact) mass is 384 g/mol. The zero-order valence-electron chi connectivity index (χ0n) is 16.4. The number of imidazole rings is 1. The second-order valence-electron chi connectivity index (χ2n) is 7.17. The molecule has 2 aromatic carbocycles. The van der Waals surface area contributed by atoms with Crippen molar-refractivity contribution in [2.24, 2.45) is 0 Å². The number of H-pyrrole nitrogens is 1. The lowest BCUT2D eigenvalue weighted by molar-refractivity contribution is 0.0887. The molecule has 1 unspecified atom stereocenters. The van der Waals surface area contributed by atoms with E-state index in [2.05, 4.69) is 32.9 Å². The topological polar surface area (TPSA) is 53.6 Å². The quantitative estimate of drug-likeness (QED) is 0.732. The molecule has 148 valence electrons. The molecule has 6 nitrogen and oxygen atoms in total. The minimum atomic E-state index is -0.290. The van der Waals surface area contributed by atoms with Gasteiger partial charge in [-0.2, -0.15) is 0 Å². The van der Waals surface area contributed by atoms with Crippen LogP contribution in [0.5, 0.6) is 11.5 Å². The highest BCUT2D eigenvalue weighted by atomic mass is 19.1. The summed E-state index contributed by atoms with van der Waals surface area (Å²) in [4.78, 5) is 12.4. The molecule has 0 spiro atoms. The second-order valence-corrected chi connectivity index (χ2v) is 7.17. The molecule has 0 saturated carbocycles. The first-order valence-electron chi connectivity index (χ1n) is 9.36. The van der Waals surface area contributed by atoms with Crippen molar-refractivity contribution in [2.45, 2.75) is 12.6 Å². The van der Waals surface area contributed by atoms with Crippen LogP contribution in [0.3, 0.4) is 0 Å². The number of piperazine rings is 1. The Morgan fingerprint density at radius 1 is 1.14 bits per heavy atom. The van der Waals surface area contributed by atoms with Crippen LogP contribution < -0.4 is 9.47 Å². The van der Waals surface area contributed by atoms with Crippen LogP contribution in [0.2, 0.25) is 0 Å². The van der Waals surface area contributed by atoms with Crippen molar-refractivity contribution in [3.63, 3.8) is 0 Å². The summed E-state index contributed by atoms with van der Waals surface area (Å²) in [5.74, 6) is 1.96. The van der Waals surface area contributed by atoms with Crippen molar-refractivity contribution in [1.29, 1.82) is 0 Å². The third kappa shape index (κ3) is 3.55. The molecular weight excluding hydrogens is 359 g/mol. The van der Waals surface area contributed by atoms with Crippen molar-refractivity contribution < 1.29 is 13.9 Å². The van der Waals surface area contributed by atoms with E-state index >= 15 is 0 Å². The normalized spacial score (nSPS) is 18.5. The van der Waals surface area contributed by atoms with Gasteiger partial charge in [0.25, 0.3) is 0 Å². The molecule has 1 saturated heterocycles. The maximum absolute atomic E-state index is 13.9. The van der Waals surface area contributed by atoms with E-state index in [9.17, 15) is 4.39 Å². The Morgan fingerprint density at radius 3 is 2.71 bits per heavy atom. The number of methoxy groups -OCH3 is 2. The van der Waals surface area contributed by atoms with Crippen molar-refractivity contribution in [3.8, 4) is 11.5 Å². The number of fused-ring (bicyclic) bond motifs is 1. The number of rotatable bonds is 5. The van der Waals surface area contributed by atoms with Gasteiger partial charge in [0.15, 0.2) is 17.3 Å². The largest absolute Gasteiger partial charge is 0.493 e. The van der Waals surface area contributed by atoms with Crippen molar-refractivity contribution in [2.75, 3.05) is 40.9 Å². The van der Waals surface area contributed by atoms with Crippen LogP contribution in [0.15, 0.2) is 36.4 Å². The van der Waals surface area contributed by atoms with Gasteiger partial charge in [-0.05, 0) is 36.9 Å². The van der Waals surface area contributed by atoms with Gasteiger partial charge in [-0.25, -0.2) is 9.37 Å². The molecule has 1 aliphatic heterocycles. The smallest absolute Gasteiger partial charge is 0.161 e. The molecule has 1 N–H and O–H groups in total. The number of aromatic nitrogens is 2. The molecule has 1 aromatic heterocycles. The summed E-state index contributed by atoms with van der Waals surface area (Å²) in [6.07, 6.45) is 0. The number of nitrogens with one attached hydrogen (secondary N) is 1. The first-order valence-corrected chi connectivity index (χ1v) is 9.36. The van der Waals surface area contributed by atoms with E-state index < -0.39 is 0 Å². The molecule has 2 heterocycles. The van der Waals surface area contributed by atoms with Gasteiger partial charge < -0.3 is 14.5 Å². The minimum absolute atomic E-state index is 0.231. The molecule has 0 amide bonds. The summed E-state index contributed by atoms with van der Waals surface area (Å²) >= 11 is 0. The predicted octanol–water partition coefficient (Wildman–Crippen LogP) is 3.21. The lowest BCUT2D eigenvalue weighted by Crippen LogP contribution is -2.46. The van der Waals surface area contributed by atoms with Crippen LogP contribution in [0, 0.1) is 5.82 Å². The molecule has 1 aliphatic rings. The van der Waals surface area contributed by atoms with Crippen LogP contribution in [0.1, 0.15) is 17.4 Å². The van der Waals surface area contributed by atoms with Crippen LogP contribution in [0.4, 0.5) is 4.39 Å². The molecular formula is C21H25FN4O2. The first-order chi connectivity index (χ1) is 13.6. The summed E-state index contributed by atoms with van der Waals surface area (Å²) in [5, 5.41) is 0. The fourth-order valence-electron chi connectivity index (χ4n) is 3.83. The van der Waals surface area contributed by atoms with Crippen LogP contribution >= 0.6 is 0 Å². The number of aromatic amines is 1. The molecule has 4 rings (SSSR count). The van der Waals surface area contributed by atoms with Crippen molar-refractivity contribution in [3.05, 3.63) is 53.6 Å². The van der Waals surface area contributed by atoms with E-state index in [1.807, 2.05) is 18.2 Å². The predicted molar refractivity (Wildman–Crippen MR) is 106 cm³/mol. The van der Waals surface area contributed by atoms with E-state index in [0.717, 1.165) is 42.5 Å². The lowest BCUT2D eigenvalue weighted by atomic mass is 10.0. The standard InChI is InChI=1S/C21H25FN4O2/c1-25-9-10-26(13-20-23-16-6-4-5-15(22)21(16)24-20)12-17(25)14-7-8-18(27-2)19(11-14)28-3/h4-8,11,17H,9-10,12-13H2,1-3H3,(H,23,24). The van der Waals surface area contributed by atoms with Crippen molar-refractivity contribution in [1.82, 2.24) is 19.8 Å². The Bertz CT molecular complexity index is 974. The van der Waals surface area contributed by atoms with Gasteiger partial charge in [0, 0.05) is 25.7 Å². The Morgan fingerprint density at radius 2 is 1.96 bits per heavy atom. The molecule has 3 aromatic rings. The Balaban J connectivity index is 1.53. The third-order valence-corrected chi connectivity index (χ3v) is 5.41. The van der Waals surface area contributed by atoms with Gasteiger partial charge in [-0.1, -0.05) is 12.1 Å². The fourth-order valence-corrected chi connectivity index (χ4v) is 3.83. The molecule has 1 atom stereocenters. The Hall–Kier alpha value is -2.64. The number of nitrogens with zero attached hydrogens (tertiary/aromatic N) is 3. The number of hydrogen-bond acceptors (Lipinski definition) is 5. The summed E-state index contributed by atoms with van der Waals surface area (Å²) in [5.41, 5.74) is 2.32. The maximum Gasteiger partial charge on any atom is 0.161 e. The fraction of sp³-hybridized carbons (Fsp3) is 0.381. The number of hydrogen-bond donors (Lipinski definition) is 1. The molecule has 0 bridgehead atoms. The minimum Gasteiger partial charge on any atom is -0.493 e. The van der Waals surface area contributed by atoms with E-state index in [1.165, 1.54) is 11.6 Å². The highest BCUT2D eigenvalue weighted by molar-refractivity contribution is 5.75. The first kappa shape index (κ1) is 18.7. The maximum atomic E-state index is 13.9. The lowest BCUT2D eigenvalue weighted by Gasteiger charge is -2.39. The molecule has 7 heteroatoms. The number of para-hydroxylation sites is 1. The van der Waals surface area contributed by atoms with E-state index in [4.69, 9.17) is 9.47 Å². The molecule has 0 aliphatic carbocycles. The second kappa shape index (κ2) is 7.77. The van der Waals surface area contributed by atoms with Crippen molar-refractivity contribution >= 4 is 11.0 Å². The average molecular weight is 384 g/mol.